The molecule has 9 heteroatoms. The van der Waals surface area contributed by atoms with Crippen molar-refractivity contribution in [2.24, 2.45) is 0 Å². The molecule has 0 amide bonds. The topological polar surface area (TPSA) is 154 Å². The summed E-state index contributed by atoms with van der Waals surface area (Å²) in [5, 5.41) is 49.6. The summed E-state index contributed by atoms with van der Waals surface area (Å²) in [4.78, 5) is 26.1. The summed E-state index contributed by atoms with van der Waals surface area (Å²) in [5.74, 6) is -1.56. The van der Waals surface area contributed by atoms with Gasteiger partial charge < -0.3 is 35.0 Å². The zero-order valence-corrected chi connectivity index (χ0v) is 15.8. The van der Waals surface area contributed by atoms with Gasteiger partial charge in [0.15, 0.2) is 5.78 Å². The van der Waals surface area contributed by atoms with Crippen molar-refractivity contribution in [2.75, 3.05) is 6.61 Å². The standard InChI is InChI=1S/C21H20O9/c1-8-5-10-14(11(23)6-8)18(26)15-9(16(10)24)3-2-4-12(15)29-21-20(28)19(27)17(25)13(7-22)30-21/h2-6,13,17,19-23,25,27-28H,7H2,1H3/t13-,17-,19-,20-,21+/m1/s1. The average molecular weight is 416 g/mol. The molecule has 1 heterocycles. The highest BCUT2D eigenvalue weighted by molar-refractivity contribution is 6.30. The maximum Gasteiger partial charge on any atom is 0.229 e. The predicted octanol–water partition coefficient (Wildman–Crippen LogP) is -0.345. The van der Waals surface area contributed by atoms with Crippen molar-refractivity contribution in [1.29, 1.82) is 0 Å². The number of rotatable bonds is 3. The molecule has 5 N–H and O–H groups in total. The van der Waals surface area contributed by atoms with Gasteiger partial charge in [0.05, 0.1) is 17.7 Å². The number of aryl methyl sites for hydroxylation is 1. The molecule has 2 aromatic rings. The Morgan fingerprint density at radius 2 is 1.70 bits per heavy atom. The molecule has 2 aliphatic rings. The third-order valence-corrected chi connectivity index (χ3v) is 5.32. The van der Waals surface area contributed by atoms with Gasteiger partial charge >= 0.3 is 0 Å². The molecule has 2 aromatic carbocycles. The Labute approximate surface area is 170 Å². The van der Waals surface area contributed by atoms with Gasteiger partial charge in [-0.25, -0.2) is 0 Å². The lowest BCUT2D eigenvalue weighted by Gasteiger charge is -2.39. The van der Waals surface area contributed by atoms with Gasteiger partial charge in [0, 0.05) is 11.1 Å². The molecular formula is C21H20O9. The summed E-state index contributed by atoms with van der Waals surface area (Å²) < 4.78 is 10.9. The minimum absolute atomic E-state index is 0.0552. The Balaban J connectivity index is 1.75. The quantitative estimate of drug-likeness (QED) is 0.386. The summed E-state index contributed by atoms with van der Waals surface area (Å²) in [6, 6.07) is 7.18. The molecular weight excluding hydrogens is 396 g/mol. The van der Waals surface area contributed by atoms with Crippen LogP contribution in [0.5, 0.6) is 11.5 Å². The van der Waals surface area contributed by atoms with Gasteiger partial charge in [0.1, 0.15) is 35.9 Å². The van der Waals surface area contributed by atoms with E-state index in [1.54, 1.807) is 6.92 Å². The van der Waals surface area contributed by atoms with Crippen molar-refractivity contribution in [3.8, 4) is 11.5 Å². The molecule has 4 rings (SSSR count). The monoisotopic (exact) mass is 416 g/mol. The van der Waals surface area contributed by atoms with Crippen molar-refractivity contribution in [1.82, 2.24) is 0 Å². The van der Waals surface area contributed by atoms with Crippen LogP contribution in [0.25, 0.3) is 0 Å². The summed E-state index contributed by atoms with van der Waals surface area (Å²) in [6.07, 6.45) is -7.63. The van der Waals surface area contributed by atoms with Gasteiger partial charge in [0.2, 0.25) is 12.1 Å². The average Bonchev–Trinajstić information content (AvgIpc) is 2.71. The fourth-order valence-electron chi connectivity index (χ4n) is 3.80. The Bertz CT molecular complexity index is 1030. The number of aliphatic hydroxyl groups is 4. The smallest absolute Gasteiger partial charge is 0.229 e. The number of aromatic hydroxyl groups is 1. The molecule has 5 atom stereocenters. The first-order valence-electron chi connectivity index (χ1n) is 9.27. The lowest BCUT2D eigenvalue weighted by molar-refractivity contribution is -0.277. The van der Waals surface area contributed by atoms with Crippen LogP contribution in [0.4, 0.5) is 0 Å². The van der Waals surface area contributed by atoms with Gasteiger partial charge in [-0.15, -0.1) is 0 Å². The van der Waals surface area contributed by atoms with E-state index in [-0.39, 0.29) is 33.8 Å². The molecule has 1 fully saturated rings. The number of carbonyl (C=O) groups is 2. The number of hydrogen-bond donors (Lipinski definition) is 5. The van der Waals surface area contributed by atoms with Crippen molar-refractivity contribution < 1.29 is 44.6 Å². The Morgan fingerprint density at radius 3 is 2.40 bits per heavy atom. The van der Waals surface area contributed by atoms with Crippen LogP contribution in [0.3, 0.4) is 0 Å². The molecule has 0 saturated carbocycles. The lowest BCUT2D eigenvalue weighted by atomic mass is 9.82. The van der Waals surface area contributed by atoms with Gasteiger partial charge in [0.25, 0.3) is 0 Å². The molecule has 30 heavy (non-hydrogen) atoms. The molecule has 0 aromatic heterocycles. The van der Waals surface area contributed by atoms with Crippen LogP contribution in [0.15, 0.2) is 30.3 Å². The Kier molecular flexibility index (Phi) is 5.08. The van der Waals surface area contributed by atoms with Crippen LogP contribution in [-0.4, -0.2) is 74.4 Å². The summed E-state index contributed by atoms with van der Waals surface area (Å²) in [6.45, 7) is 1.04. The van der Waals surface area contributed by atoms with E-state index in [4.69, 9.17) is 9.47 Å². The van der Waals surface area contributed by atoms with Crippen molar-refractivity contribution in [3.05, 3.63) is 58.1 Å². The number of fused-ring (bicyclic) bond motifs is 2. The van der Waals surface area contributed by atoms with Crippen LogP contribution in [-0.2, 0) is 4.74 Å². The number of phenolic OH excluding ortho intramolecular Hbond substituents is 1. The molecule has 1 aliphatic heterocycles. The lowest BCUT2D eigenvalue weighted by Crippen LogP contribution is -2.60. The van der Waals surface area contributed by atoms with E-state index in [1.807, 2.05) is 0 Å². The number of benzene rings is 2. The van der Waals surface area contributed by atoms with Gasteiger partial charge in [-0.05, 0) is 30.7 Å². The highest BCUT2D eigenvalue weighted by Gasteiger charge is 2.45. The van der Waals surface area contributed by atoms with E-state index in [0.717, 1.165) is 0 Å². The van der Waals surface area contributed by atoms with E-state index in [2.05, 4.69) is 0 Å². The fourth-order valence-corrected chi connectivity index (χ4v) is 3.80. The van der Waals surface area contributed by atoms with E-state index < -0.39 is 48.9 Å². The third kappa shape index (κ3) is 3.08. The fraction of sp³-hybridized carbons (Fsp3) is 0.333. The van der Waals surface area contributed by atoms with Gasteiger partial charge in [-0.3, -0.25) is 9.59 Å². The molecule has 1 aliphatic carbocycles. The second kappa shape index (κ2) is 7.46. The van der Waals surface area contributed by atoms with Crippen molar-refractivity contribution >= 4 is 11.6 Å². The number of hydrogen-bond acceptors (Lipinski definition) is 9. The van der Waals surface area contributed by atoms with Crippen LogP contribution in [0.2, 0.25) is 0 Å². The van der Waals surface area contributed by atoms with Gasteiger partial charge in [-0.1, -0.05) is 12.1 Å². The molecule has 9 nitrogen and oxygen atoms in total. The maximum absolute atomic E-state index is 13.1. The van der Waals surface area contributed by atoms with Crippen LogP contribution in [0, 0.1) is 6.92 Å². The van der Waals surface area contributed by atoms with Gasteiger partial charge in [-0.2, -0.15) is 0 Å². The Hall–Kier alpha value is -2.82. The molecule has 0 bridgehead atoms. The number of ether oxygens (including phenoxy) is 2. The van der Waals surface area contributed by atoms with Crippen LogP contribution >= 0.6 is 0 Å². The minimum Gasteiger partial charge on any atom is -0.507 e. The normalized spacial score (nSPS) is 28.1. The molecule has 0 radical (unpaired) electrons. The highest BCUT2D eigenvalue weighted by Crippen LogP contribution is 2.38. The first-order valence-corrected chi connectivity index (χ1v) is 9.27. The molecule has 0 unspecified atom stereocenters. The van der Waals surface area contributed by atoms with E-state index in [9.17, 15) is 35.1 Å². The third-order valence-electron chi connectivity index (χ3n) is 5.32. The Morgan fingerprint density at radius 1 is 0.967 bits per heavy atom. The van der Waals surface area contributed by atoms with Crippen LogP contribution in [0.1, 0.15) is 37.4 Å². The molecule has 1 saturated heterocycles. The highest BCUT2D eigenvalue weighted by atomic mass is 16.7. The van der Waals surface area contributed by atoms with Crippen molar-refractivity contribution in [3.63, 3.8) is 0 Å². The molecule has 158 valence electrons. The SMILES string of the molecule is Cc1cc(O)c2c(c1)C(=O)c1cccc(O[C@H]3O[C@H](CO)[C@@H](O)[C@@H](O)[C@H]3O)c1C2=O. The molecule has 0 spiro atoms. The maximum atomic E-state index is 13.1. The second-order valence-electron chi connectivity index (χ2n) is 7.36. The summed E-state index contributed by atoms with van der Waals surface area (Å²) in [7, 11) is 0. The minimum atomic E-state index is -1.68. The zero-order valence-electron chi connectivity index (χ0n) is 15.8. The largest absolute Gasteiger partial charge is 0.507 e. The first kappa shape index (κ1) is 20.5. The summed E-state index contributed by atoms with van der Waals surface area (Å²) in [5.41, 5.74) is 0.480. The second-order valence-corrected chi connectivity index (χ2v) is 7.36. The predicted molar refractivity (Wildman–Crippen MR) is 101 cm³/mol. The van der Waals surface area contributed by atoms with Crippen LogP contribution < -0.4 is 4.74 Å². The first-order chi connectivity index (χ1) is 14.2. The number of phenols is 1. The number of aliphatic hydroxyl groups excluding tert-OH is 4. The van der Waals surface area contributed by atoms with E-state index in [1.165, 1.54) is 30.3 Å². The number of ketones is 2. The summed E-state index contributed by atoms with van der Waals surface area (Å²) >= 11 is 0. The van der Waals surface area contributed by atoms with E-state index >= 15 is 0 Å². The number of carbonyl (C=O) groups excluding carboxylic acids is 2. The van der Waals surface area contributed by atoms with E-state index in [0.29, 0.717) is 5.56 Å². The van der Waals surface area contributed by atoms with Crippen molar-refractivity contribution in [2.45, 2.75) is 37.6 Å². The zero-order chi connectivity index (χ0) is 21.7.